The van der Waals surface area contributed by atoms with Gasteiger partial charge in [-0.25, -0.2) is 4.98 Å². The maximum Gasteiger partial charge on any atom is 0.254 e. The first kappa shape index (κ1) is 15.9. The Morgan fingerprint density at radius 2 is 2.00 bits per heavy atom. The van der Waals surface area contributed by atoms with Crippen LogP contribution in [0.5, 0.6) is 0 Å². The largest absolute Gasteiger partial charge is 0.468 e. The highest BCUT2D eigenvalue weighted by Crippen LogP contribution is 2.18. The topological polar surface area (TPSA) is 54.5 Å². The molecule has 1 amide bonds. The summed E-state index contributed by atoms with van der Waals surface area (Å²) in [6.45, 7) is 5.96. The molecule has 1 aromatic carbocycles. The number of rotatable bonds is 3. The molecule has 6 heteroatoms. The quantitative estimate of drug-likeness (QED) is 0.736. The van der Waals surface area contributed by atoms with Gasteiger partial charge in [0.2, 0.25) is 0 Å². The number of benzene rings is 1. The van der Waals surface area contributed by atoms with E-state index < -0.39 is 0 Å². The molecule has 0 unspecified atom stereocenters. The van der Waals surface area contributed by atoms with Gasteiger partial charge in [-0.3, -0.25) is 9.69 Å². The molecule has 0 atom stereocenters. The number of aromatic nitrogens is 2. The van der Waals surface area contributed by atoms with Gasteiger partial charge in [-0.2, -0.15) is 0 Å². The van der Waals surface area contributed by atoms with Crippen LogP contribution in [0.3, 0.4) is 0 Å². The molecule has 2 aromatic heterocycles. The Hall–Kier alpha value is -2.60. The molecule has 130 valence electrons. The first-order chi connectivity index (χ1) is 12.1. The number of carbonyl (C=O) groups is 1. The number of hydrogen-bond acceptors (Lipinski definition) is 4. The van der Waals surface area contributed by atoms with Gasteiger partial charge >= 0.3 is 0 Å². The molecule has 1 saturated heterocycles. The van der Waals surface area contributed by atoms with Crippen molar-refractivity contribution in [3.63, 3.8) is 0 Å². The Morgan fingerprint density at radius 1 is 1.20 bits per heavy atom. The van der Waals surface area contributed by atoms with Crippen molar-refractivity contribution >= 4 is 16.9 Å². The van der Waals surface area contributed by atoms with Crippen LogP contribution in [-0.2, 0) is 13.6 Å². The summed E-state index contributed by atoms with van der Waals surface area (Å²) < 4.78 is 7.44. The van der Waals surface area contributed by atoms with Crippen LogP contribution in [0.1, 0.15) is 21.9 Å². The SMILES string of the molecule is Cc1nc2cc(C(=O)N3CCN(Cc4ccco4)CC3)ccc2n1C. The van der Waals surface area contributed by atoms with Crippen LogP contribution in [0, 0.1) is 6.92 Å². The second-order valence-electron chi connectivity index (χ2n) is 6.57. The molecule has 3 heterocycles. The zero-order valence-electron chi connectivity index (χ0n) is 14.6. The summed E-state index contributed by atoms with van der Waals surface area (Å²) in [6.07, 6.45) is 1.70. The normalized spacial score (nSPS) is 15.8. The van der Waals surface area contributed by atoms with E-state index in [0.29, 0.717) is 5.56 Å². The number of hydrogen-bond donors (Lipinski definition) is 0. The van der Waals surface area contributed by atoms with E-state index in [2.05, 4.69) is 9.88 Å². The number of piperazine rings is 1. The fourth-order valence-corrected chi connectivity index (χ4v) is 3.37. The number of aryl methyl sites for hydroxylation is 2. The van der Waals surface area contributed by atoms with Crippen LogP contribution in [0.2, 0.25) is 0 Å². The monoisotopic (exact) mass is 338 g/mol. The van der Waals surface area contributed by atoms with E-state index in [1.54, 1.807) is 6.26 Å². The molecule has 0 aliphatic carbocycles. The lowest BCUT2D eigenvalue weighted by molar-refractivity contribution is 0.0620. The lowest BCUT2D eigenvalue weighted by Crippen LogP contribution is -2.48. The van der Waals surface area contributed by atoms with Gasteiger partial charge in [0, 0.05) is 38.8 Å². The van der Waals surface area contributed by atoms with Crippen LogP contribution in [0.25, 0.3) is 11.0 Å². The Labute approximate surface area is 146 Å². The fraction of sp³-hybridized carbons (Fsp3) is 0.368. The van der Waals surface area contributed by atoms with Crippen LogP contribution >= 0.6 is 0 Å². The highest BCUT2D eigenvalue weighted by molar-refractivity contribution is 5.97. The second-order valence-corrected chi connectivity index (χ2v) is 6.57. The summed E-state index contributed by atoms with van der Waals surface area (Å²) in [5.74, 6) is 2.00. The van der Waals surface area contributed by atoms with Gasteiger partial charge in [0.1, 0.15) is 11.6 Å². The van der Waals surface area contributed by atoms with Gasteiger partial charge in [0.25, 0.3) is 5.91 Å². The van der Waals surface area contributed by atoms with E-state index >= 15 is 0 Å². The molecule has 0 bridgehead atoms. The standard InChI is InChI=1S/C19H22N4O2/c1-14-20-17-12-15(5-6-18(17)21(14)2)19(24)23-9-7-22(8-10-23)13-16-4-3-11-25-16/h3-6,11-12H,7-10,13H2,1-2H3. The van der Waals surface area contributed by atoms with Gasteiger partial charge in [-0.1, -0.05) is 0 Å². The van der Waals surface area contributed by atoms with E-state index in [0.717, 1.165) is 55.3 Å². The molecule has 6 nitrogen and oxygen atoms in total. The van der Waals surface area contributed by atoms with Crippen molar-refractivity contribution in [2.45, 2.75) is 13.5 Å². The van der Waals surface area contributed by atoms with Gasteiger partial charge in [-0.05, 0) is 37.3 Å². The minimum atomic E-state index is 0.0860. The van der Waals surface area contributed by atoms with Gasteiger partial charge in [0.05, 0.1) is 23.8 Å². The van der Waals surface area contributed by atoms with Crippen molar-refractivity contribution in [1.29, 1.82) is 0 Å². The smallest absolute Gasteiger partial charge is 0.254 e. The van der Waals surface area contributed by atoms with Gasteiger partial charge in [-0.15, -0.1) is 0 Å². The lowest BCUT2D eigenvalue weighted by Gasteiger charge is -2.34. The highest BCUT2D eigenvalue weighted by Gasteiger charge is 2.23. The lowest BCUT2D eigenvalue weighted by atomic mass is 10.1. The Bertz CT molecular complexity index is 890. The average molecular weight is 338 g/mol. The van der Waals surface area contributed by atoms with Gasteiger partial charge in [0.15, 0.2) is 0 Å². The molecule has 1 fully saturated rings. The minimum Gasteiger partial charge on any atom is -0.468 e. The summed E-state index contributed by atoms with van der Waals surface area (Å²) >= 11 is 0. The number of fused-ring (bicyclic) bond motifs is 1. The molecule has 25 heavy (non-hydrogen) atoms. The number of nitrogens with zero attached hydrogens (tertiary/aromatic N) is 4. The molecular weight excluding hydrogens is 316 g/mol. The minimum absolute atomic E-state index is 0.0860. The molecule has 0 saturated carbocycles. The average Bonchev–Trinajstić information content (AvgIpc) is 3.23. The Kier molecular flexibility index (Phi) is 4.05. The Morgan fingerprint density at radius 3 is 2.72 bits per heavy atom. The third-order valence-electron chi connectivity index (χ3n) is 4.97. The zero-order chi connectivity index (χ0) is 17.4. The number of carbonyl (C=O) groups excluding carboxylic acids is 1. The molecule has 1 aliphatic heterocycles. The van der Waals surface area contributed by atoms with Crippen molar-refractivity contribution in [2.75, 3.05) is 26.2 Å². The van der Waals surface area contributed by atoms with Crippen molar-refractivity contribution in [1.82, 2.24) is 19.4 Å². The summed E-state index contributed by atoms with van der Waals surface area (Å²) in [7, 11) is 1.99. The molecule has 0 spiro atoms. The van der Waals surface area contributed by atoms with Crippen molar-refractivity contribution in [2.24, 2.45) is 7.05 Å². The van der Waals surface area contributed by atoms with Crippen LogP contribution in [-0.4, -0.2) is 51.4 Å². The van der Waals surface area contributed by atoms with Crippen LogP contribution in [0.4, 0.5) is 0 Å². The molecule has 3 aromatic rings. The van der Waals surface area contributed by atoms with E-state index in [-0.39, 0.29) is 5.91 Å². The number of amides is 1. The van der Waals surface area contributed by atoms with Crippen molar-refractivity contribution < 1.29 is 9.21 Å². The van der Waals surface area contributed by atoms with Crippen molar-refractivity contribution in [3.05, 3.63) is 53.7 Å². The molecule has 4 rings (SSSR count). The van der Waals surface area contributed by atoms with E-state index in [1.807, 2.05) is 53.8 Å². The maximum atomic E-state index is 12.8. The summed E-state index contributed by atoms with van der Waals surface area (Å²) in [5.41, 5.74) is 2.64. The van der Waals surface area contributed by atoms with E-state index in [9.17, 15) is 4.79 Å². The Balaban J connectivity index is 1.43. The highest BCUT2D eigenvalue weighted by atomic mass is 16.3. The summed E-state index contributed by atoms with van der Waals surface area (Å²) in [4.78, 5) is 21.6. The fourth-order valence-electron chi connectivity index (χ4n) is 3.37. The molecule has 0 radical (unpaired) electrons. The first-order valence-electron chi connectivity index (χ1n) is 8.59. The van der Waals surface area contributed by atoms with E-state index in [4.69, 9.17) is 4.42 Å². The summed E-state index contributed by atoms with van der Waals surface area (Å²) in [6, 6.07) is 9.68. The predicted molar refractivity (Wildman–Crippen MR) is 95.3 cm³/mol. The zero-order valence-corrected chi connectivity index (χ0v) is 14.6. The van der Waals surface area contributed by atoms with Gasteiger partial charge < -0.3 is 13.9 Å². The molecular formula is C19H22N4O2. The third-order valence-corrected chi connectivity index (χ3v) is 4.97. The van der Waals surface area contributed by atoms with E-state index in [1.165, 1.54) is 0 Å². The third kappa shape index (κ3) is 3.05. The second kappa shape index (κ2) is 6.37. The predicted octanol–water partition coefficient (Wildman–Crippen LogP) is 2.43. The molecule has 0 N–H and O–H groups in total. The van der Waals surface area contributed by atoms with Crippen molar-refractivity contribution in [3.8, 4) is 0 Å². The molecule has 1 aliphatic rings. The first-order valence-corrected chi connectivity index (χ1v) is 8.59. The van der Waals surface area contributed by atoms with Crippen LogP contribution < -0.4 is 0 Å². The number of imidazole rings is 1. The summed E-state index contributed by atoms with van der Waals surface area (Å²) in [5, 5.41) is 0. The number of furan rings is 1. The van der Waals surface area contributed by atoms with Crippen LogP contribution in [0.15, 0.2) is 41.0 Å². The maximum absolute atomic E-state index is 12.8.